The van der Waals surface area contributed by atoms with Gasteiger partial charge < -0.3 is 0 Å². The van der Waals surface area contributed by atoms with Gasteiger partial charge in [0.2, 0.25) is 0 Å². The molecule has 0 radical (unpaired) electrons. The molecule has 1 rings (SSSR count). The Kier molecular flexibility index (Phi) is 7.77. The average Bonchev–Trinajstić information content (AvgIpc) is 2.37. The molecule has 0 spiro atoms. The first kappa shape index (κ1) is 20.2. The Morgan fingerprint density at radius 3 is 1.43 bits per heavy atom. The molecular formula is C22H39N. The fourth-order valence-corrected chi connectivity index (χ4v) is 3.00. The van der Waals surface area contributed by atoms with Crippen LogP contribution in [-0.4, -0.2) is 4.98 Å². The molecule has 0 bridgehead atoms. The van der Waals surface area contributed by atoms with Gasteiger partial charge in [0.25, 0.3) is 0 Å². The van der Waals surface area contributed by atoms with Crippen molar-refractivity contribution in [2.45, 2.75) is 99.8 Å². The van der Waals surface area contributed by atoms with E-state index in [2.05, 4.69) is 60.6 Å². The molecular weight excluding hydrogens is 278 g/mol. The van der Waals surface area contributed by atoms with Gasteiger partial charge in [-0.1, -0.05) is 54.4 Å². The van der Waals surface area contributed by atoms with Crippen LogP contribution in [0.15, 0.2) is 12.1 Å². The second-order valence-corrected chi connectivity index (χ2v) is 9.66. The van der Waals surface area contributed by atoms with Crippen molar-refractivity contribution in [2.24, 2.45) is 10.8 Å². The van der Waals surface area contributed by atoms with E-state index in [0.717, 1.165) is 12.8 Å². The Labute approximate surface area is 145 Å². The molecule has 1 heterocycles. The molecule has 0 aromatic carbocycles. The Morgan fingerprint density at radius 2 is 1.09 bits per heavy atom. The van der Waals surface area contributed by atoms with Crippen molar-refractivity contribution in [2.75, 3.05) is 0 Å². The Balaban J connectivity index is 2.42. The maximum atomic E-state index is 4.90. The van der Waals surface area contributed by atoms with E-state index in [1.165, 1.54) is 55.5 Å². The molecule has 1 aromatic heterocycles. The predicted octanol–water partition coefficient (Wildman–Crippen LogP) is 6.91. The lowest BCUT2D eigenvalue weighted by Crippen LogP contribution is -2.05. The number of hydrogen-bond donors (Lipinski definition) is 0. The van der Waals surface area contributed by atoms with Crippen LogP contribution in [0.5, 0.6) is 0 Å². The van der Waals surface area contributed by atoms with Crippen molar-refractivity contribution in [1.82, 2.24) is 4.98 Å². The van der Waals surface area contributed by atoms with E-state index in [9.17, 15) is 0 Å². The molecule has 132 valence electrons. The lowest BCUT2D eigenvalue weighted by Gasteiger charge is -2.18. The van der Waals surface area contributed by atoms with Crippen LogP contribution >= 0.6 is 0 Å². The van der Waals surface area contributed by atoms with Gasteiger partial charge in [-0.2, -0.15) is 0 Å². The predicted molar refractivity (Wildman–Crippen MR) is 103 cm³/mol. The molecule has 0 aliphatic heterocycles. The number of aryl methyl sites for hydroxylation is 3. The average molecular weight is 318 g/mol. The van der Waals surface area contributed by atoms with Crippen molar-refractivity contribution >= 4 is 0 Å². The van der Waals surface area contributed by atoms with Crippen LogP contribution in [0.25, 0.3) is 0 Å². The van der Waals surface area contributed by atoms with E-state index in [1.807, 2.05) is 0 Å². The summed E-state index contributed by atoms with van der Waals surface area (Å²) in [5, 5.41) is 0. The molecule has 0 saturated carbocycles. The first-order valence-corrected chi connectivity index (χ1v) is 9.52. The summed E-state index contributed by atoms with van der Waals surface area (Å²) in [4.78, 5) is 4.90. The molecule has 0 N–H and O–H groups in total. The molecule has 0 atom stereocenters. The van der Waals surface area contributed by atoms with Gasteiger partial charge in [-0.25, -0.2) is 0 Å². The monoisotopic (exact) mass is 317 g/mol. The van der Waals surface area contributed by atoms with Crippen molar-refractivity contribution in [3.8, 4) is 0 Å². The van der Waals surface area contributed by atoms with Crippen molar-refractivity contribution < 1.29 is 0 Å². The third kappa shape index (κ3) is 10.5. The van der Waals surface area contributed by atoms with Crippen LogP contribution in [-0.2, 0) is 12.8 Å². The zero-order chi connectivity index (χ0) is 17.5. The van der Waals surface area contributed by atoms with Crippen LogP contribution in [0, 0.1) is 17.8 Å². The molecule has 0 amide bonds. The number of nitrogens with zero attached hydrogens (tertiary/aromatic N) is 1. The summed E-state index contributed by atoms with van der Waals surface area (Å²) < 4.78 is 0. The number of rotatable bonds is 8. The van der Waals surface area contributed by atoms with E-state index in [0.29, 0.717) is 10.8 Å². The van der Waals surface area contributed by atoms with Gasteiger partial charge in [-0.3, -0.25) is 4.98 Å². The summed E-state index contributed by atoms with van der Waals surface area (Å²) in [5.74, 6) is 0. The highest BCUT2D eigenvalue weighted by Crippen LogP contribution is 2.23. The SMILES string of the molecule is Cc1cc(CCCCC(C)(C)C)nc(CCCCC(C)(C)C)c1. The fraction of sp³-hybridized carbons (Fsp3) is 0.773. The van der Waals surface area contributed by atoms with E-state index >= 15 is 0 Å². The molecule has 1 heteroatoms. The third-order valence-electron chi connectivity index (χ3n) is 4.30. The Morgan fingerprint density at radius 1 is 0.696 bits per heavy atom. The summed E-state index contributed by atoms with van der Waals surface area (Å²) in [6.45, 7) is 16.2. The fourth-order valence-electron chi connectivity index (χ4n) is 3.00. The minimum Gasteiger partial charge on any atom is -0.258 e. The van der Waals surface area contributed by atoms with Crippen molar-refractivity contribution in [3.05, 3.63) is 29.1 Å². The van der Waals surface area contributed by atoms with E-state index in [-0.39, 0.29) is 0 Å². The van der Waals surface area contributed by atoms with E-state index in [1.54, 1.807) is 0 Å². The minimum atomic E-state index is 0.457. The third-order valence-corrected chi connectivity index (χ3v) is 4.30. The normalized spacial score (nSPS) is 12.7. The van der Waals surface area contributed by atoms with Crippen LogP contribution in [0.1, 0.15) is 97.0 Å². The summed E-state index contributed by atoms with van der Waals surface area (Å²) in [6.07, 6.45) is 10.0. The quantitative estimate of drug-likeness (QED) is 0.475. The molecule has 0 unspecified atom stereocenters. The highest BCUT2D eigenvalue weighted by atomic mass is 14.7. The van der Waals surface area contributed by atoms with Gasteiger partial charge >= 0.3 is 0 Å². The molecule has 0 fully saturated rings. The second kappa shape index (κ2) is 8.85. The molecule has 0 aliphatic carbocycles. The van der Waals surface area contributed by atoms with Gasteiger partial charge in [0, 0.05) is 11.4 Å². The smallest absolute Gasteiger partial charge is 0.0409 e. The largest absolute Gasteiger partial charge is 0.258 e. The zero-order valence-corrected chi connectivity index (χ0v) is 16.8. The number of unbranched alkanes of at least 4 members (excludes halogenated alkanes) is 2. The van der Waals surface area contributed by atoms with Crippen molar-refractivity contribution in [1.29, 1.82) is 0 Å². The summed E-state index contributed by atoms with van der Waals surface area (Å²) in [5.41, 5.74) is 4.88. The number of pyridine rings is 1. The zero-order valence-electron chi connectivity index (χ0n) is 16.8. The van der Waals surface area contributed by atoms with Crippen LogP contribution < -0.4 is 0 Å². The Bertz CT molecular complexity index is 420. The van der Waals surface area contributed by atoms with Crippen LogP contribution in [0.2, 0.25) is 0 Å². The number of aromatic nitrogens is 1. The Hall–Kier alpha value is -0.850. The van der Waals surface area contributed by atoms with Gasteiger partial charge in [0.05, 0.1) is 0 Å². The molecule has 0 aliphatic rings. The topological polar surface area (TPSA) is 12.9 Å². The minimum absolute atomic E-state index is 0.457. The molecule has 0 saturated heterocycles. The maximum Gasteiger partial charge on any atom is 0.0409 e. The van der Waals surface area contributed by atoms with Gasteiger partial charge in [-0.15, -0.1) is 0 Å². The van der Waals surface area contributed by atoms with E-state index in [4.69, 9.17) is 4.98 Å². The first-order valence-electron chi connectivity index (χ1n) is 9.52. The maximum absolute atomic E-state index is 4.90. The van der Waals surface area contributed by atoms with Gasteiger partial charge in [0.15, 0.2) is 0 Å². The lowest BCUT2D eigenvalue weighted by atomic mass is 9.89. The summed E-state index contributed by atoms with van der Waals surface area (Å²) in [7, 11) is 0. The standard InChI is InChI=1S/C22H39N/c1-18-16-19(12-8-10-14-21(2,3)4)23-20(17-18)13-9-11-15-22(5,6)7/h16-17H,8-15H2,1-7H3. The van der Waals surface area contributed by atoms with Crippen molar-refractivity contribution in [3.63, 3.8) is 0 Å². The van der Waals surface area contributed by atoms with Crippen LogP contribution in [0.4, 0.5) is 0 Å². The first-order chi connectivity index (χ1) is 10.6. The van der Waals surface area contributed by atoms with Gasteiger partial charge in [0.1, 0.15) is 0 Å². The molecule has 23 heavy (non-hydrogen) atoms. The van der Waals surface area contributed by atoms with E-state index < -0.39 is 0 Å². The number of hydrogen-bond acceptors (Lipinski definition) is 1. The second-order valence-electron chi connectivity index (χ2n) is 9.66. The highest BCUT2D eigenvalue weighted by molar-refractivity contribution is 5.20. The lowest BCUT2D eigenvalue weighted by molar-refractivity contribution is 0.359. The van der Waals surface area contributed by atoms with Crippen LogP contribution in [0.3, 0.4) is 0 Å². The summed E-state index contributed by atoms with van der Waals surface area (Å²) >= 11 is 0. The molecule has 1 aromatic rings. The van der Waals surface area contributed by atoms with Gasteiger partial charge in [-0.05, 0) is 74.0 Å². The highest BCUT2D eigenvalue weighted by Gasteiger charge is 2.10. The summed E-state index contributed by atoms with van der Waals surface area (Å²) in [6, 6.07) is 4.55. The molecule has 1 nitrogen and oxygen atoms in total.